The number of aliphatic hydroxyl groups excluding tert-OH is 1. The first-order valence-corrected chi connectivity index (χ1v) is 4.40. The van der Waals surface area contributed by atoms with Gasteiger partial charge in [-0.05, 0) is 20.8 Å². The number of hydrogen-bond acceptors (Lipinski definition) is 4. The molecule has 0 aliphatic carbocycles. The molecule has 0 fully saturated rings. The van der Waals surface area contributed by atoms with Crippen molar-refractivity contribution in [2.24, 2.45) is 0 Å². The number of carbonyl (C=O) groups is 1. The lowest BCUT2D eigenvalue weighted by Gasteiger charge is -2.00. The summed E-state index contributed by atoms with van der Waals surface area (Å²) in [6.07, 6.45) is 0.398. The third-order valence-electron chi connectivity index (χ3n) is 0.897. The number of hydrogen-bond donors (Lipinski definition) is 1. The van der Waals surface area contributed by atoms with E-state index in [4.69, 9.17) is 9.84 Å². The van der Waals surface area contributed by atoms with Crippen molar-refractivity contribution in [1.29, 1.82) is 0 Å². The lowest BCUT2D eigenvalue weighted by Crippen LogP contribution is -2.03. The summed E-state index contributed by atoms with van der Waals surface area (Å²) >= 11 is 0. The highest BCUT2D eigenvalue weighted by Crippen LogP contribution is 1.83. The monoisotopic (exact) mass is 192 g/mol. The number of aliphatic hydroxyl groups is 1. The predicted molar refractivity (Wildman–Crippen MR) is 50.5 cm³/mol. The topological polar surface area (TPSA) is 55.8 Å². The molecule has 0 aromatic heterocycles. The summed E-state index contributed by atoms with van der Waals surface area (Å²) in [5.41, 5.74) is 0. The number of carbonyl (C=O) groups excluding carboxylic acids is 1. The van der Waals surface area contributed by atoms with Crippen LogP contribution in [0.1, 0.15) is 27.7 Å². The van der Waals surface area contributed by atoms with Gasteiger partial charge in [0.15, 0.2) is 0 Å². The Morgan fingerprint density at radius 1 is 1.46 bits per heavy atom. The van der Waals surface area contributed by atoms with Gasteiger partial charge in [0.25, 0.3) is 0 Å². The smallest absolute Gasteiger partial charge is 0.302 e. The SMILES string of the molecule is CC(=O)OCCO.CCOC(C)C. The van der Waals surface area contributed by atoms with Crippen LogP contribution < -0.4 is 0 Å². The molecule has 0 bridgehead atoms. The van der Waals surface area contributed by atoms with E-state index in [-0.39, 0.29) is 19.2 Å². The molecule has 0 saturated heterocycles. The second kappa shape index (κ2) is 11.4. The van der Waals surface area contributed by atoms with E-state index in [9.17, 15) is 4.79 Å². The van der Waals surface area contributed by atoms with Crippen molar-refractivity contribution in [3.63, 3.8) is 0 Å². The van der Waals surface area contributed by atoms with Crippen molar-refractivity contribution in [3.05, 3.63) is 0 Å². The van der Waals surface area contributed by atoms with Crippen LogP contribution in [0.2, 0.25) is 0 Å². The molecule has 0 atom stereocenters. The average Bonchev–Trinajstić information content (AvgIpc) is 2.01. The summed E-state index contributed by atoms with van der Waals surface area (Å²) in [6.45, 7) is 8.20. The molecule has 0 aliphatic rings. The summed E-state index contributed by atoms with van der Waals surface area (Å²) in [4.78, 5) is 9.87. The van der Waals surface area contributed by atoms with Gasteiger partial charge in [0.05, 0.1) is 12.7 Å². The molecule has 0 radical (unpaired) electrons. The van der Waals surface area contributed by atoms with Crippen molar-refractivity contribution < 1.29 is 19.4 Å². The maximum Gasteiger partial charge on any atom is 0.302 e. The van der Waals surface area contributed by atoms with E-state index >= 15 is 0 Å². The molecule has 1 N–H and O–H groups in total. The minimum Gasteiger partial charge on any atom is -0.463 e. The van der Waals surface area contributed by atoms with E-state index in [0.717, 1.165) is 6.61 Å². The van der Waals surface area contributed by atoms with E-state index in [1.54, 1.807) is 0 Å². The van der Waals surface area contributed by atoms with E-state index in [2.05, 4.69) is 4.74 Å². The maximum absolute atomic E-state index is 9.87. The average molecular weight is 192 g/mol. The molecule has 0 aromatic rings. The minimum absolute atomic E-state index is 0.0976. The molecule has 4 nitrogen and oxygen atoms in total. The Balaban J connectivity index is 0. The molecule has 0 unspecified atom stereocenters. The van der Waals surface area contributed by atoms with Gasteiger partial charge in [-0.2, -0.15) is 0 Å². The predicted octanol–water partition coefficient (Wildman–Crippen LogP) is 0.973. The highest BCUT2D eigenvalue weighted by atomic mass is 16.5. The van der Waals surface area contributed by atoms with Gasteiger partial charge in [0.2, 0.25) is 0 Å². The van der Waals surface area contributed by atoms with Crippen LogP contribution >= 0.6 is 0 Å². The van der Waals surface area contributed by atoms with Gasteiger partial charge in [-0.3, -0.25) is 4.79 Å². The fourth-order valence-electron chi connectivity index (χ4n) is 0.523. The van der Waals surface area contributed by atoms with Crippen LogP contribution in [-0.4, -0.2) is 37.0 Å². The fraction of sp³-hybridized carbons (Fsp3) is 0.889. The Morgan fingerprint density at radius 3 is 2.08 bits per heavy atom. The second-order valence-electron chi connectivity index (χ2n) is 2.57. The highest BCUT2D eigenvalue weighted by molar-refractivity contribution is 5.65. The van der Waals surface area contributed by atoms with Gasteiger partial charge in [-0.25, -0.2) is 0 Å². The first-order chi connectivity index (χ1) is 6.04. The van der Waals surface area contributed by atoms with E-state index in [0.29, 0.717) is 6.10 Å². The Bertz CT molecular complexity index is 112. The molecule has 0 heterocycles. The number of rotatable bonds is 4. The number of ether oxygens (including phenoxy) is 2. The lowest BCUT2D eigenvalue weighted by molar-refractivity contribution is -0.141. The second-order valence-corrected chi connectivity index (χ2v) is 2.57. The molecular weight excluding hydrogens is 172 g/mol. The molecule has 0 aliphatic heterocycles. The van der Waals surface area contributed by atoms with Gasteiger partial charge >= 0.3 is 5.97 Å². The standard InChI is InChI=1S/C5H12O.C4H8O3/c1-4-6-5(2)3;1-4(6)7-3-2-5/h5H,4H2,1-3H3;5H,2-3H2,1H3. The zero-order chi connectivity index (χ0) is 10.7. The van der Waals surface area contributed by atoms with Crippen LogP contribution in [-0.2, 0) is 14.3 Å². The Morgan fingerprint density at radius 2 is 2.00 bits per heavy atom. The summed E-state index contributed by atoms with van der Waals surface area (Å²) < 4.78 is 9.34. The zero-order valence-electron chi connectivity index (χ0n) is 8.87. The van der Waals surface area contributed by atoms with Gasteiger partial charge in [-0.15, -0.1) is 0 Å². The lowest BCUT2D eigenvalue weighted by atomic mass is 10.5. The summed E-state index contributed by atoms with van der Waals surface area (Å²) in [5, 5.41) is 8.04. The van der Waals surface area contributed by atoms with Crippen LogP contribution in [0.25, 0.3) is 0 Å². The Kier molecular flexibility index (Phi) is 13.0. The molecule has 13 heavy (non-hydrogen) atoms. The first kappa shape index (κ1) is 14.9. The molecule has 0 saturated carbocycles. The summed E-state index contributed by atoms with van der Waals surface area (Å²) in [6, 6.07) is 0. The molecule has 4 heteroatoms. The van der Waals surface area contributed by atoms with Crippen LogP contribution in [0.5, 0.6) is 0 Å². The molecule has 0 aromatic carbocycles. The zero-order valence-corrected chi connectivity index (χ0v) is 8.87. The molecule has 0 spiro atoms. The maximum atomic E-state index is 9.87. The molecule has 80 valence electrons. The van der Waals surface area contributed by atoms with Gasteiger partial charge < -0.3 is 14.6 Å². The van der Waals surface area contributed by atoms with Crippen LogP contribution in [0.4, 0.5) is 0 Å². The Labute approximate surface area is 79.8 Å². The molecule has 0 amide bonds. The number of esters is 1. The minimum atomic E-state index is -0.353. The quantitative estimate of drug-likeness (QED) is 0.674. The van der Waals surface area contributed by atoms with Crippen molar-refractivity contribution in [2.45, 2.75) is 33.8 Å². The van der Waals surface area contributed by atoms with E-state index in [1.165, 1.54) is 6.92 Å². The third-order valence-corrected chi connectivity index (χ3v) is 0.897. The van der Waals surface area contributed by atoms with Crippen molar-refractivity contribution in [1.82, 2.24) is 0 Å². The van der Waals surface area contributed by atoms with Crippen LogP contribution in [0.15, 0.2) is 0 Å². The van der Waals surface area contributed by atoms with Crippen LogP contribution in [0, 0.1) is 0 Å². The van der Waals surface area contributed by atoms with Crippen LogP contribution in [0.3, 0.4) is 0 Å². The third kappa shape index (κ3) is 24.6. The molecule has 0 rings (SSSR count). The molecular formula is C9H20O4. The van der Waals surface area contributed by atoms with Gasteiger partial charge in [-0.1, -0.05) is 0 Å². The van der Waals surface area contributed by atoms with Crippen molar-refractivity contribution in [2.75, 3.05) is 19.8 Å². The van der Waals surface area contributed by atoms with E-state index in [1.807, 2.05) is 20.8 Å². The van der Waals surface area contributed by atoms with Crippen molar-refractivity contribution in [3.8, 4) is 0 Å². The highest BCUT2D eigenvalue weighted by Gasteiger charge is 1.86. The van der Waals surface area contributed by atoms with E-state index < -0.39 is 0 Å². The Hall–Kier alpha value is -0.610. The van der Waals surface area contributed by atoms with Crippen molar-refractivity contribution >= 4 is 5.97 Å². The van der Waals surface area contributed by atoms with Gasteiger partial charge in [0, 0.05) is 13.5 Å². The summed E-state index contributed by atoms with van der Waals surface area (Å²) in [5.74, 6) is -0.353. The summed E-state index contributed by atoms with van der Waals surface area (Å²) in [7, 11) is 0. The normalized spacial score (nSPS) is 9.08. The largest absolute Gasteiger partial charge is 0.463 e. The first-order valence-electron chi connectivity index (χ1n) is 4.40. The van der Waals surface area contributed by atoms with Gasteiger partial charge in [0.1, 0.15) is 6.61 Å². The fourth-order valence-corrected chi connectivity index (χ4v) is 0.523.